The van der Waals surface area contributed by atoms with Gasteiger partial charge < -0.3 is 9.05 Å². The topological polar surface area (TPSA) is 52.6 Å². The van der Waals surface area contributed by atoms with E-state index in [-0.39, 0.29) is 17.1 Å². The van der Waals surface area contributed by atoms with Crippen molar-refractivity contribution in [2.24, 2.45) is 5.41 Å². The van der Waals surface area contributed by atoms with Crippen LogP contribution in [0.25, 0.3) is 0 Å². The Hall–Kier alpha value is 0.170. The first-order valence-corrected chi connectivity index (χ1v) is 6.47. The van der Waals surface area contributed by atoms with E-state index in [0.717, 1.165) is 0 Å². The van der Waals surface area contributed by atoms with E-state index < -0.39 is 8.25 Å². The molecule has 0 radical (unpaired) electrons. The van der Waals surface area contributed by atoms with Gasteiger partial charge in [0.1, 0.15) is 0 Å². The van der Waals surface area contributed by atoms with E-state index in [1.807, 2.05) is 20.8 Å². The maximum Gasteiger partial charge on any atom is 0.318 e. The van der Waals surface area contributed by atoms with E-state index in [2.05, 4.69) is 4.52 Å². The summed E-state index contributed by atoms with van der Waals surface area (Å²) in [5.41, 5.74) is -0.336. The van der Waals surface area contributed by atoms with Gasteiger partial charge in [0.2, 0.25) is 0 Å². The van der Waals surface area contributed by atoms with Gasteiger partial charge in [0.15, 0.2) is 5.12 Å². The van der Waals surface area contributed by atoms with Crippen molar-refractivity contribution in [3.05, 3.63) is 0 Å². The smallest absolute Gasteiger partial charge is 0.314 e. The van der Waals surface area contributed by atoms with Crippen LogP contribution in [0.3, 0.4) is 0 Å². The van der Waals surface area contributed by atoms with Crippen molar-refractivity contribution >= 4 is 25.1 Å². The maximum atomic E-state index is 11.4. The van der Waals surface area contributed by atoms with Crippen molar-refractivity contribution in [1.29, 1.82) is 0 Å². The Morgan fingerprint density at radius 1 is 1.43 bits per heavy atom. The molecular weight excluding hydrogens is 223 g/mol. The van der Waals surface area contributed by atoms with E-state index in [1.165, 1.54) is 18.9 Å². The molecule has 0 aromatic rings. The highest BCUT2D eigenvalue weighted by atomic mass is 32.2. The summed E-state index contributed by atoms with van der Waals surface area (Å²) in [4.78, 5) is 11.4. The van der Waals surface area contributed by atoms with Gasteiger partial charge in [0.25, 0.3) is 0 Å². The molecule has 84 valence electrons. The van der Waals surface area contributed by atoms with E-state index in [9.17, 15) is 9.36 Å². The van der Waals surface area contributed by atoms with Gasteiger partial charge in [-0.25, -0.2) is 0 Å². The Balaban J connectivity index is 3.56. The number of rotatable bonds is 5. The minimum Gasteiger partial charge on any atom is -0.314 e. The van der Waals surface area contributed by atoms with Crippen LogP contribution in [-0.2, 0) is 18.4 Å². The van der Waals surface area contributed by atoms with Crippen molar-refractivity contribution in [3.63, 3.8) is 0 Å². The molecule has 14 heavy (non-hydrogen) atoms. The van der Waals surface area contributed by atoms with E-state index in [4.69, 9.17) is 4.52 Å². The lowest BCUT2D eigenvalue weighted by Gasteiger charge is -2.15. The molecule has 0 aliphatic rings. The molecule has 1 unspecified atom stereocenters. The standard InChI is InChI=1S/C8H17O4PS/c1-8(2,3)7(9)14-6-5-12-13(10)11-4/h13H,5-6H2,1-4H3. The number of thioether (sulfide) groups is 1. The Labute approximate surface area is 89.7 Å². The summed E-state index contributed by atoms with van der Waals surface area (Å²) in [5, 5.41) is 0.109. The fourth-order valence-corrected chi connectivity index (χ4v) is 1.85. The molecule has 0 aromatic heterocycles. The molecule has 0 bridgehead atoms. The maximum absolute atomic E-state index is 11.4. The van der Waals surface area contributed by atoms with E-state index in [1.54, 1.807) is 0 Å². The first-order chi connectivity index (χ1) is 6.38. The molecule has 0 aliphatic carbocycles. The van der Waals surface area contributed by atoms with E-state index >= 15 is 0 Å². The summed E-state index contributed by atoms with van der Waals surface area (Å²) < 4.78 is 20.0. The summed E-state index contributed by atoms with van der Waals surface area (Å²) >= 11 is 1.19. The lowest BCUT2D eigenvalue weighted by molar-refractivity contribution is -0.117. The molecular formula is C8H17O4PS. The molecule has 0 saturated heterocycles. The van der Waals surface area contributed by atoms with Gasteiger partial charge in [-0.2, -0.15) is 0 Å². The summed E-state index contributed by atoms with van der Waals surface area (Å²) in [6.07, 6.45) is 0. The highest BCUT2D eigenvalue weighted by Gasteiger charge is 2.21. The molecule has 0 fully saturated rings. The Kier molecular flexibility index (Phi) is 6.70. The number of carbonyl (C=O) groups is 1. The monoisotopic (exact) mass is 240 g/mol. The first kappa shape index (κ1) is 14.2. The van der Waals surface area contributed by atoms with Gasteiger partial charge in [-0.05, 0) is 0 Å². The molecule has 0 amide bonds. The Morgan fingerprint density at radius 3 is 2.43 bits per heavy atom. The largest absolute Gasteiger partial charge is 0.318 e. The van der Waals surface area contributed by atoms with Gasteiger partial charge in [-0.1, -0.05) is 32.5 Å². The predicted molar refractivity (Wildman–Crippen MR) is 58.9 cm³/mol. The molecule has 0 aliphatic heterocycles. The van der Waals surface area contributed by atoms with Gasteiger partial charge in [0.05, 0.1) is 6.61 Å². The van der Waals surface area contributed by atoms with Gasteiger partial charge in [0, 0.05) is 18.3 Å². The van der Waals surface area contributed by atoms with Crippen LogP contribution in [-0.4, -0.2) is 24.6 Å². The third kappa shape index (κ3) is 6.60. The molecule has 4 nitrogen and oxygen atoms in total. The second-order valence-electron chi connectivity index (χ2n) is 3.69. The zero-order valence-electron chi connectivity index (χ0n) is 8.96. The SMILES string of the molecule is CO[PH](=O)OCCSC(=O)C(C)(C)C. The van der Waals surface area contributed by atoms with E-state index in [0.29, 0.717) is 5.75 Å². The van der Waals surface area contributed by atoms with Crippen molar-refractivity contribution in [1.82, 2.24) is 0 Å². The van der Waals surface area contributed by atoms with Crippen LogP contribution in [0.4, 0.5) is 0 Å². The quantitative estimate of drug-likeness (QED) is 0.545. The number of hydrogen-bond acceptors (Lipinski definition) is 5. The molecule has 0 spiro atoms. The first-order valence-electron chi connectivity index (χ1n) is 4.26. The second kappa shape index (κ2) is 6.62. The summed E-state index contributed by atoms with van der Waals surface area (Å²) in [6.45, 7) is 5.86. The minimum absolute atomic E-state index is 0.109. The van der Waals surface area contributed by atoms with Crippen LogP contribution in [0.2, 0.25) is 0 Å². The van der Waals surface area contributed by atoms with Crippen molar-refractivity contribution < 1.29 is 18.4 Å². The average molecular weight is 240 g/mol. The molecule has 1 atom stereocenters. The second-order valence-corrected chi connectivity index (χ2v) is 5.95. The highest BCUT2D eigenvalue weighted by Crippen LogP contribution is 2.25. The summed E-state index contributed by atoms with van der Waals surface area (Å²) in [7, 11) is -1.01. The Bertz CT molecular complexity index is 212. The van der Waals surface area contributed by atoms with Crippen molar-refractivity contribution in [2.45, 2.75) is 20.8 Å². The average Bonchev–Trinajstić information content (AvgIpc) is 2.09. The van der Waals surface area contributed by atoms with Crippen LogP contribution >= 0.6 is 20.0 Å². The van der Waals surface area contributed by atoms with Gasteiger partial charge in [-0.15, -0.1) is 0 Å². The van der Waals surface area contributed by atoms with Crippen LogP contribution in [0.5, 0.6) is 0 Å². The third-order valence-corrected chi connectivity index (χ3v) is 3.33. The highest BCUT2D eigenvalue weighted by molar-refractivity contribution is 8.13. The van der Waals surface area contributed by atoms with Crippen LogP contribution in [0, 0.1) is 5.41 Å². The van der Waals surface area contributed by atoms with Gasteiger partial charge in [-0.3, -0.25) is 9.36 Å². The molecule has 0 heterocycles. The van der Waals surface area contributed by atoms with Crippen molar-refractivity contribution in [2.75, 3.05) is 19.5 Å². The summed E-state index contributed by atoms with van der Waals surface area (Å²) in [6, 6.07) is 0. The number of carbonyl (C=O) groups excluding carboxylic acids is 1. The Morgan fingerprint density at radius 2 is 2.00 bits per heavy atom. The minimum atomic E-state index is -2.34. The third-order valence-electron chi connectivity index (χ3n) is 1.32. The lowest BCUT2D eigenvalue weighted by Crippen LogP contribution is -2.17. The van der Waals surface area contributed by atoms with Crippen LogP contribution in [0.1, 0.15) is 20.8 Å². The fraction of sp³-hybridized carbons (Fsp3) is 0.875. The van der Waals surface area contributed by atoms with Crippen molar-refractivity contribution in [3.8, 4) is 0 Å². The normalized spacial score (nSPS) is 14.0. The zero-order valence-corrected chi connectivity index (χ0v) is 10.8. The molecule has 0 N–H and O–H groups in total. The zero-order chi connectivity index (χ0) is 11.2. The fourth-order valence-electron chi connectivity index (χ4n) is 0.535. The molecule has 0 saturated carbocycles. The number of hydrogen-bond donors (Lipinski definition) is 0. The van der Waals surface area contributed by atoms with Gasteiger partial charge >= 0.3 is 8.25 Å². The molecule has 0 rings (SSSR count). The summed E-state index contributed by atoms with van der Waals surface area (Å²) in [5.74, 6) is 0.510. The predicted octanol–water partition coefficient (Wildman–Crippen LogP) is 2.35. The molecule has 0 aromatic carbocycles. The molecule has 6 heteroatoms. The van der Waals surface area contributed by atoms with Crippen LogP contribution < -0.4 is 0 Å². The van der Waals surface area contributed by atoms with Crippen LogP contribution in [0.15, 0.2) is 0 Å². The lowest BCUT2D eigenvalue weighted by atomic mass is 10.00.